The van der Waals surface area contributed by atoms with Gasteiger partial charge in [-0.1, -0.05) is 30.3 Å². The van der Waals surface area contributed by atoms with E-state index in [4.69, 9.17) is 17.0 Å². The molecule has 0 atom stereocenters. The van der Waals surface area contributed by atoms with Crippen molar-refractivity contribution in [2.45, 2.75) is 32.4 Å². The van der Waals surface area contributed by atoms with Crippen LogP contribution in [0.1, 0.15) is 25.3 Å². The maximum absolute atomic E-state index is 12.3. The van der Waals surface area contributed by atoms with Gasteiger partial charge in [0.2, 0.25) is 0 Å². The molecule has 2 N–H and O–H groups in total. The van der Waals surface area contributed by atoms with Gasteiger partial charge in [0.05, 0.1) is 12.1 Å². The van der Waals surface area contributed by atoms with Crippen LogP contribution < -0.4 is 10.6 Å². The van der Waals surface area contributed by atoms with Crippen LogP contribution >= 0.6 is 12.2 Å². The number of hydrogen-bond donors (Lipinski definition) is 2. The highest BCUT2D eigenvalue weighted by Crippen LogP contribution is 2.18. The number of carbonyl (C=O) groups excluding carboxylic acids is 1. The Balaban J connectivity index is 1.48. The molecule has 6 heteroatoms. The van der Waals surface area contributed by atoms with Crippen molar-refractivity contribution in [1.82, 2.24) is 15.5 Å². The van der Waals surface area contributed by atoms with Gasteiger partial charge in [-0.25, -0.2) is 4.79 Å². The number of nitrogens with one attached hydrogen (secondary N) is 2. The monoisotopic (exact) mass is 345 g/mol. The maximum Gasteiger partial charge on any atom is 0.337 e. The molecule has 0 bridgehead atoms. The fourth-order valence-electron chi connectivity index (χ4n) is 3.07. The lowest BCUT2D eigenvalue weighted by Crippen LogP contribution is -2.44. The summed E-state index contributed by atoms with van der Waals surface area (Å²) in [5.41, 5.74) is 2.74. The van der Waals surface area contributed by atoms with Crippen molar-refractivity contribution < 1.29 is 9.53 Å². The Morgan fingerprint density at radius 2 is 2.00 bits per heavy atom. The Morgan fingerprint density at radius 3 is 2.67 bits per heavy atom. The van der Waals surface area contributed by atoms with Crippen LogP contribution in [-0.2, 0) is 16.1 Å². The van der Waals surface area contributed by atoms with Gasteiger partial charge in [0.15, 0.2) is 5.11 Å². The molecule has 1 saturated heterocycles. The van der Waals surface area contributed by atoms with Crippen LogP contribution in [0.15, 0.2) is 41.6 Å². The zero-order chi connectivity index (χ0) is 16.9. The largest absolute Gasteiger partial charge is 0.459 e. The van der Waals surface area contributed by atoms with E-state index in [0.717, 1.165) is 38.2 Å². The normalized spacial score (nSPS) is 19.6. The molecule has 128 valence electrons. The topological polar surface area (TPSA) is 53.6 Å². The minimum absolute atomic E-state index is 0.00120. The lowest BCUT2D eigenvalue weighted by atomic mass is 10.1. The Morgan fingerprint density at radius 1 is 1.29 bits per heavy atom. The standard InChI is InChI=1S/C18H23N3O2S/c1-13-16(11-19-18(24)20-13)17(22)23-15-7-9-21(10-8-15)12-14-5-3-2-4-6-14/h2-6,15H,7-12H2,1H3,(H2,19,20,24). The SMILES string of the molecule is CC1=C(C(=O)OC2CCN(Cc3ccccc3)CC2)CNC(=S)N1. The van der Waals surface area contributed by atoms with Gasteiger partial charge in [0, 0.05) is 25.3 Å². The van der Waals surface area contributed by atoms with Gasteiger partial charge in [0.1, 0.15) is 6.10 Å². The summed E-state index contributed by atoms with van der Waals surface area (Å²) in [6.07, 6.45) is 1.76. The van der Waals surface area contributed by atoms with Crippen LogP contribution in [0.3, 0.4) is 0 Å². The Kier molecular flexibility index (Phi) is 5.48. The van der Waals surface area contributed by atoms with E-state index in [2.05, 4.69) is 39.8 Å². The van der Waals surface area contributed by atoms with E-state index in [0.29, 0.717) is 17.2 Å². The average molecular weight is 345 g/mol. The highest BCUT2D eigenvalue weighted by atomic mass is 32.1. The van der Waals surface area contributed by atoms with Gasteiger partial charge in [-0.3, -0.25) is 4.90 Å². The van der Waals surface area contributed by atoms with Gasteiger partial charge in [-0.05, 0) is 37.5 Å². The molecular weight excluding hydrogens is 322 g/mol. The first kappa shape index (κ1) is 16.9. The number of rotatable bonds is 4. The van der Waals surface area contributed by atoms with Gasteiger partial charge >= 0.3 is 5.97 Å². The molecule has 0 amide bonds. The Bertz CT molecular complexity index is 637. The molecule has 1 aromatic carbocycles. The molecule has 1 aromatic rings. The first-order valence-corrected chi connectivity index (χ1v) is 8.74. The number of esters is 1. The molecular formula is C18H23N3O2S. The van der Waals surface area contributed by atoms with Crippen LogP contribution in [-0.4, -0.2) is 41.7 Å². The number of benzene rings is 1. The van der Waals surface area contributed by atoms with Crippen molar-refractivity contribution in [3.8, 4) is 0 Å². The summed E-state index contributed by atoms with van der Waals surface area (Å²) in [7, 11) is 0. The number of piperidine rings is 1. The molecule has 24 heavy (non-hydrogen) atoms. The lowest BCUT2D eigenvalue weighted by Gasteiger charge is -2.32. The van der Waals surface area contributed by atoms with Gasteiger partial charge in [-0.2, -0.15) is 0 Å². The number of hydrogen-bond acceptors (Lipinski definition) is 4. The van der Waals surface area contributed by atoms with E-state index in [-0.39, 0.29) is 12.1 Å². The molecule has 0 spiro atoms. The molecule has 3 rings (SSSR count). The molecule has 0 aliphatic carbocycles. The van der Waals surface area contributed by atoms with Crippen LogP contribution in [0.4, 0.5) is 0 Å². The van der Waals surface area contributed by atoms with Crippen molar-refractivity contribution in [1.29, 1.82) is 0 Å². The average Bonchev–Trinajstić information content (AvgIpc) is 2.57. The van der Waals surface area contributed by atoms with Crippen molar-refractivity contribution in [3.63, 3.8) is 0 Å². The quantitative estimate of drug-likeness (QED) is 0.643. The van der Waals surface area contributed by atoms with Crippen LogP contribution in [0.2, 0.25) is 0 Å². The summed E-state index contributed by atoms with van der Waals surface area (Å²) in [6.45, 7) is 5.14. The lowest BCUT2D eigenvalue weighted by molar-refractivity contribution is -0.146. The van der Waals surface area contributed by atoms with Crippen LogP contribution in [0.5, 0.6) is 0 Å². The predicted octanol–water partition coefficient (Wildman–Crippen LogP) is 1.95. The number of ether oxygens (including phenoxy) is 1. The highest BCUT2D eigenvalue weighted by Gasteiger charge is 2.26. The molecule has 2 heterocycles. The fraction of sp³-hybridized carbons (Fsp3) is 0.444. The second-order valence-corrected chi connectivity index (χ2v) is 6.69. The van der Waals surface area contributed by atoms with Crippen molar-refractivity contribution in [2.75, 3.05) is 19.6 Å². The minimum Gasteiger partial charge on any atom is -0.459 e. The molecule has 2 aliphatic rings. The minimum atomic E-state index is -0.239. The summed E-state index contributed by atoms with van der Waals surface area (Å²) in [6, 6.07) is 10.5. The fourth-order valence-corrected chi connectivity index (χ4v) is 3.29. The summed E-state index contributed by atoms with van der Waals surface area (Å²) in [4.78, 5) is 14.7. The second-order valence-electron chi connectivity index (χ2n) is 6.28. The number of likely N-dealkylation sites (tertiary alicyclic amines) is 1. The molecule has 0 unspecified atom stereocenters. The van der Waals surface area contributed by atoms with Crippen molar-refractivity contribution in [3.05, 3.63) is 47.2 Å². The third kappa shape index (κ3) is 4.33. The molecule has 0 saturated carbocycles. The maximum atomic E-state index is 12.3. The molecule has 5 nitrogen and oxygen atoms in total. The number of thiocarbonyl (C=S) groups is 1. The highest BCUT2D eigenvalue weighted by molar-refractivity contribution is 7.80. The van der Waals surface area contributed by atoms with Gasteiger partial charge in [0.25, 0.3) is 0 Å². The Labute approximate surface area is 148 Å². The summed E-state index contributed by atoms with van der Waals surface area (Å²) in [5, 5.41) is 6.50. The number of nitrogens with zero attached hydrogens (tertiary/aromatic N) is 1. The first-order valence-electron chi connectivity index (χ1n) is 8.33. The van der Waals surface area contributed by atoms with E-state index < -0.39 is 0 Å². The molecule has 1 fully saturated rings. The van der Waals surface area contributed by atoms with E-state index >= 15 is 0 Å². The van der Waals surface area contributed by atoms with Crippen molar-refractivity contribution >= 4 is 23.3 Å². The third-order valence-corrected chi connectivity index (χ3v) is 4.73. The van der Waals surface area contributed by atoms with E-state index in [1.165, 1.54) is 5.56 Å². The van der Waals surface area contributed by atoms with Gasteiger partial charge in [-0.15, -0.1) is 0 Å². The summed E-state index contributed by atoms with van der Waals surface area (Å²) < 4.78 is 5.69. The Hall–Kier alpha value is -1.92. The van der Waals surface area contributed by atoms with E-state index in [9.17, 15) is 4.79 Å². The predicted molar refractivity (Wildman–Crippen MR) is 97.3 cm³/mol. The third-order valence-electron chi connectivity index (χ3n) is 4.48. The zero-order valence-corrected chi connectivity index (χ0v) is 14.7. The summed E-state index contributed by atoms with van der Waals surface area (Å²) >= 11 is 5.04. The summed E-state index contributed by atoms with van der Waals surface area (Å²) in [5.74, 6) is -0.239. The van der Waals surface area contributed by atoms with E-state index in [1.807, 2.05) is 13.0 Å². The van der Waals surface area contributed by atoms with E-state index in [1.54, 1.807) is 0 Å². The van der Waals surface area contributed by atoms with Gasteiger partial charge < -0.3 is 15.4 Å². The molecule has 0 radical (unpaired) electrons. The number of carbonyl (C=O) groups is 1. The second kappa shape index (κ2) is 7.77. The molecule has 0 aromatic heterocycles. The van der Waals surface area contributed by atoms with Crippen molar-refractivity contribution in [2.24, 2.45) is 0 Å². The smallest absolute Gasteiger partial charge is 0.337 e. The zero-order valence-electron chi connectivity index (χ0n) is 13.9. The molecule has 2 aliphatic heterocycles. The number of allylic oxidation sites excluding steroid dienone is 1. The van der Waals surface area contributed by atoms with Crippen LogP contribution in [0.25, 0.3) is 0 Å². The van der Waals surface area contributed by atoms with Crippen LogP contribution in [0, 0.1) is 0 Å². The first-order chi connectivity index (χ1) is 11.6.